The van der Waals surface area contributed by atoms with Crippen LogP contribution in [0.2, 0.25) is 0 Å². The van der Waals surface area contributed by atoms with Gasteiger partial charge in [0.2, 0.25) is 0 Å². The van der Waals surface area contributed by atoms with Crippen LogP contribution in [0.25, 0.3) is 67.8 Å². The predicted molar refractivity (Wildman–Crippen MR) is 256 cm³/mol. The smallest absolute Gasteiger partial charge is 0.0562 e. The van der Waals surface area contributed by atoms with E-state index >= 15 is 0 Å². The Morgan fingerprint density at radius 1 is 0.305 bits per heavy atom. The van der Waals surface area contributed by atoms with Gasteiger partial charge in [0.1, 0.15) is 0 Å². The Morgan fingerprint density at radius 2 is 0.763 bits per heavy atom. The highest BCUT2D eigenvalue weighted by Gasteiger charge is 2.22. The van der Waals surface area contributed by atoms with Crippen molar-refractivity contribution in [2.45, 2.75) is 0 Å². The van der Waals surface area contributed by atoms with Crippen LogP contribution >= 0.6 is 22.7 Å². The number of anilines is 6. The summed E-state index contributed by atoms with van der Waals surface area (Å²) in [7, 11) is 0. The average Bonchev–Trinajstić information content (AvgIpc) is 3.97. The van der Waals surface area contributed by atoms with E-state index in [9.17, 15) is 0 Å². The molecule has 0 aliphatic carbocycles. The second kappa shape index (κ2) is 13.7. The van der Waals surface area contributed by atoms with E-state index in [-0.39, 0.29) is 0 Å². The first-order valence-electron chi connectivity index (χ1n) is 19.9. The van der Waals surface area contributed by atoms with Crippen LogP contribution in [0.4, 0.5) is 34.1 Å². The summed E-state index contributed by atoms with van der Waals surface area (Å²) in [5.41, 5.74) is 10.2. The number of aromatic nitrogens is 1. The van der Waals surface area contributed by atoms with E-state index in [0.717, 1.165) is 45.3 Å². The van der Waals surface area contributed by atoms with Crippen molar-refractivity contribution in [2.75, 3.05) is 9.80 Å². The van der Waals surface area contributed by atoms with Crippen LogP contribution in [0.15, 0.2) is 212 Å². The van der Waals surface area contributed by atoms with Crippen LogP contribution in [-0.4, -0.2) is 4.57 Å². The summed E-state index contributed by atoms with van der Waals surface area (Å²) >= 11 is 3.71. The van der Waals surface area contributed by atoms with Crippen molar-refractivity contribution in [1.82, 2.24) is 4.57 Å². The lowest BCUT2D eigenvalue weighted by atomic mass is 10.1. The highest BCUT2D eigenvalue weighted by atomic mass is 32.1. The van der Waals surface area contributed by atoms with Crippen molar-refractivity contribution >= 4 is 119 Å². The average molecular weight is 790 g/mol. The highest BCUT2D eigenvalue weighted by Crippen LogP contribution is 2.46. The molecule has 3 nitrogen and oxygen atoms in total. The molecule has 278 valence electrons. The second-order valence-corrected chi connectivity index (χ2v) is 17.1. The summed E-state index contributed by atoms with van der Waals surface area (Å²) in [4.78, 5) is 4.80. The molecule has 0 spiro atoms. The Morgan fingerprint density at radius 3 is 1.39 bits per heavy atom. The van der Waals surface area contributed by atoms with Gasteiger partial charge >= 0.3 is 0 Å². The van der Waals surface area contributed by atoms with Gasteiger partial charge in [-0.05, 0) is 115 Å². The zero-order valence-electron chi connectivity index (χ0n) is 31.9. The Labute approximate surface area is 349 Å². The molecule has 0 saturated heterocycles. The number of fused-ring (bicyclic) bond motifs is 9. The third-order valence-electron chi connectivity index (χ3n) is 11.5. The van der Waals surface area contributed by atoms with Gasteiger partial charge in [0.15, 0.2) is 0 Å². The molecule has 0 saturated carbocycles. The maximum atomic E-state index is 2.43. The number of rotatable bonds is 7. The molecule has 3 heterocycles. The molecule has 0 aliphatic heterocycles. The Bertz CT molecular complexity index is 3510. The van der Waals surface area contributed by atoms with Crippen LogP contribution in [0.5, 0.6) is 0 Å². The maximum absolute atomic E-state index is 2.43. The first-order valence-corrected chi connectivity index (χ1v) is 21.6. The fourth-order valence-electron chi connectivity index (χ4n) is 8.95. The lowest BCUT2D eigenvalue weighted by Gasteiger charge is -2.27. The summed E-state index contributed by atoms with van der Waals surface area (Å²) < 4.78 is 7.65. The largest absolute Gasteiger partial charge is 0.310 e. The lowest BCUT2D eigenvalue weighted by Crippen LogP contribution is -2.10. The minimum atomic E-state index is 1.10. The Hall–Kier alpha value is -7.18. The van der Waals surface area contributed by atoms with Crippen molar-refractivity contribution in [3.8, 4) is 5.69 Å². The molecule has 0 atom stereocenters. The SMILES string of the molecule is c1ccc(N(c2ccc(-n3c4ccccc4c4c(N(c5ccccc5)c5ccc6sc7ccccc7c6c5)cccc43)cc2)c2ccc3sc4ccccc4c3c2)cc1. The molecule has 0 N–H and O–H groups in total. The highest BCUT2D eigenvalue weighted by molar-refractivity contribution is 7.26. The van der Waals surface area contributed by atoms with Gasteiger partial charge in [-0.15, -0.1) is 22.7 Å². The lowest BCUT2D eigenvalue weighted by molar-refractivity contribution is 1.17. The van der Waals surface area contributed by atoms with Crippen molar-refractivity contribution in [3.05, 3.63) is 212 Å². The van der Waals surface area contributed by atoms with Gasteiger partial charge in [0, 0.05) is 85.2 Å². The number of benzene rings is 9. The first-order chi connectivity index (χ1) is 29.3. The van der Waals surface area contributed by atoms with Crippen molar-refractivity contribution in [1.29, 1.82) is 0 Å². The molecule has 0 radical (unpaired) electrons. The zero-order valence-corrected chi connectivity index (χ0v) is 33.5. The van der Waals surface area contributed by atoms with E-state index < -0.39 is 0 Å². The van der Waals surface area contributed by atoms with Crippen LogP contribution < -0.4 is 9.80 Å². The van der Waals surface area contributed by atoms with Crippen LogP contribution in [0, 0.1) is 0 Å². The van der Waals surface area contributed by atoms with Gasteiger partial charge < -0.3 is 14.4 Å². The van der Waals surface area contributed by atoms with Gasteiger partial charge in [-0.3, -0.25) is 0 Å². The number of hydrogen-bond donors (Lipinski definition) is 0. The number of hydrogen-bond acceptors (Lipinski definition) is 4. The maximum Gasteiger partial charge on any atom is 0.0562 e. The molecule has 0 unspecified atom stereocenters. The quantitative estimate of drug-likeness (QED) is 0.159. The van der Waals surface area contributed by atoms with Gasteiger partial charge in [0.25, 0.3) is 0 Å². The normalized spacial score (nSPS) is 11.7. The van der Waals surface area contributed by atoms with Crippen LogP contribution in [0.3, 0.4) is 0 Å². The van der Waals surface area contributed by atoms with Crippen LogP contribution in [0.1, 0.15) is 0 Å². The fraction of sp³-hybridized carbons (Fsp3) is 0. The van der Waals surface area contributed by atoms with E-state index in [1.807, 2.05) is 22.7 Å². The first kappa shape index (κ1) is 33.9. The Balaban J connectivity index is 1.02. The number of para-hydroxylation sites is 3. The monoisotopic (exact) mass is 789 g/mol. The van der Waals surface area contributed by atoms with Crippen molar-refractivity contribution < 1.29 is 0 Å². The summed E-state index contributed by atoms with van der Waals surface area (Å²) in [5, 5.41) is 7.60. The molecule has 3 aromatic heterocycles. The van der Waals surface area contributed by atoms with Crippen molar-refractivity contribution in [2.24, 2.45) is 0 Å². The molecule has 0 bridgehead atoms. The van der Waals surface area contributed by atoms with Gasteiger partial charge in [-0.2, -0.15) is 0 Å². The third-order valence-corrected chi connectivity index (χ3v) is 13.9. The van der Waals surface area contributed by atoms with Gasteiger partial charge in [-0.25, -0.2) is 0 Å². The minimum absolute atomic E-state index is 1.10. The number of thiophene rings is 2. The van der Waals surface area contributed by atoms with Gasteiger partial charge in [0.05, 0.1) is 16.7 Å². The summed E-state index contributed by atoms with van der Waals surface area (Å²) in [6, 6.07) is 77.4. The van der Waals surface area contributed by atoms with Crippen molar-refractivity contribution in [3.63, 3.8) is 0 Å². The molecule has 12 rings (SSSR count). The molecular weight excluding hydrogens is 755 g/mol. The van der Waals surface area contributed by atoms with E-state index in [1.165, 1.54) is 56.6 Å². The summed E-state index contributed by atoms with van der Waals surface area (Å²) in [5.74, 6) is 0. The van der Waals surface area contributed by atoms with E-state index in [1.54, 1.807) is 0 Å². The summed E-state index contributed by atoms with van der Waals surface area (Å²) in [6.07, 6.45) is 0. The van der Waals surface area contributed by atoms with E-state index in [0.29, 0.717) is 0 Å². The molecule has 9 aromatic carbocycles. The van der Waals surface area contributed by atoms with E-state index in [2.05, 4.69) is 227 Å². The molecule has 0 fully saturated rings. The molecular formula is C54H35N3S2. The molecule has 5 heteroatoms. The topological polar surface area (TPSA) is 11.4 Å². The fourth-order valence-corrected chi connectivity index (χ4v) is 11.1. The van der Waals surface area contributed by atoms with E-state index in [4.69, 9.17) is 0 Å². The standard InChI is InChI=1S/C54H35N3S2/c1-3-14-36(15-4-1)55(40-30-32-52-45(34-40)42-18-8-11-24-50(42)58-52)38-26-28-39(29-27-38)57-47-21-10-7-20-44(47)54-48(22-13-23-49(54)57)56(37-16-5-2-6-17-37)41-31-33-53-46(35-41)43-19-9-12-25-51(43)59-53/h1-35H. The minimum Gasteiger partial charge on any atom is -0.310 e. The molecule has 59 heavy (non-hydrogen) atoms. The molecule has 0 amide bonds. The predicted octanol–water partition coefficient (Wildman–Crippen LogP) is 16.5. The second-order valence-electron chi connectivity index (χ2n) is 14.9. The third kappa shape index (κ3) is 5.54. The van der Waals surface area contributed by atoms with Gasteiger partial charge in [-0.1, -0.05) is 97.1 Å². The zero-order chi connectivity index (χ0) is 38.9. The van der Waals surface area contributed by atoms with Crippen LogP contribution in [-0.2, 0) is 0 Å². The Kier molecular flexibility index (Phi) is 7.90. The number of nitrogens with zero attached hydrogens (tertiary/aromatic N) is 3. The molecule has 0 aliphatic rings. The molecule has 12 aromatic rings. The summed E-state index contributed by atoms with van der Waals surface area (Å²) in [6.45, 7) is 0.